The quantitative estimate of drug-likeness (QED) is 0.216. The summed E-state index contributed by atoms with van der Waals surface area (Å²) in [5.74, 6) is -1.37. The molecule has 3 rings (SSSR count). The Labute approximate surface area is 222 Å². The lowest BCUT2D eigenvalue weighted by Gasteiger charge is -2.21. The molecule has 0 bridgehead atoms. The van der Waals surface area contributed by atoms with E-state index in [9.17, 15) is 19.5 Å². The van der Waals surface area contributed by atoms with Gasteiger partial charge in [0.05, 0.1) is 17.7 Å². The summed E-state index contributed by atoms with van der Waals surface area (Å²) in [5, 5.41) is 18.8. The molecule has 7 heteroatoms. The summed E-state index contributed by atoms with van der Waals surface area (Å²) in [6.45, 7) is 7.63. The highest BCUT2D eigenvalue weighted by Crippen LogP contribution is 2.32. The van der Waals surface area contributed by atoms with Gasteiger partial charge in [0.25, 0.3) is 0 Å². The number of aromatic carboxylic acids is 1. The van der Waals surface area contributed by atoms with Crippen LogP contribution in [0.25, 0.3) is 11.1 Å². The highest BCUT2D eigenvalue weighted by molar-refractivity contribution is 6.02. The number of hydrogen-bond acceptors (Lipinski definition) is 6. The highest BCUT2D eigenvalue weighted by atomic mass is 16.5. The number of benzene rings is 3. The van der Waals surface area contributed by atoms with Gasteiger partial charge in [-0.05, 0) is 58.9 Å². The molecule has 0 unspecified atom stereocenters. The molecule has 0 aliphatic heterocycles. The summed E-state index contributed by atoms with van der Waals surface area (Å²) in [6.07, 6.45) is -0.444. The van der Waals surface area contributed by atoms with E-state index in [2.05, 4.69) is 6.58 Å². The molecular formula is C31H32O7. The zero-order valence-electron chi connectivity index (χ0n) is 21.6. The standard InChI is InChI=1S/C31H32O7/c1-20(2)21(3)28(33)15-16-29(22-9-8-10-23(19-22)37-18-17-32)38-31(36)27-14-7-5-12-25(27)24-11-4-6-13-26(24)30(34)35/h4-14,19-20,29,32H,3,15-18H2,1-2H3,(H,34,35)/t29-/m1/s1. The lowest BCUT2D eigenvalue weighted by atomic mass is 9.94. The van der Waals surface area contributed by atoms with Crippen LogP contribution in [0.3, 0.4) is 0 Å². The second kappa shape index (κ2) is 13.4. The maximum Gasteiger partial charge on any atom is 0.339 e. The van der Waals surface area contributed by atoms with Gasteiger partial charge in [0.15, 0.2) is 5.78 Å². The van der Waals surface area contributed by atoms with Crippen molar-refractivity contribution in [3.63, 3.8) is 0 Å². The molecule has 0 radical (unpaired) electrons. The average Bonchev–Trinajstić information content (AvgIpc) is 2.93. The number of allylic oxidation sites excluding steroid dienone is 1. The molecule has 0 heterocycles. The Hall–Kier alpha value is -4.23. The normalized spacial score (nSPS) is 11.6. The fourth-order valence-corrected chi connectivity index (χ4v) is 4.00. The van der Waals surface area contributed by atoms with Gasteiger partial charge in [0.2, 0.25) is 0 Å². The largest absolute Gasteiger partial charge is 0.491 e. The van der Waals surface area contributed by atoms with Crippen LogP contribution in [0.1, 0.15) is 59.1 Å². The van der Waals surface area contributed by atoms with Gasteiger partial charge in [0.1, 0.15) is 18.5 Å². The third-order valence-corrected chi connectivity index (χ3v) is 6.12. The molecule has 38 heavy (non-hydrogen) atoms. The van der Waals surface area contributed by atoms with Crippen molar-refractivity contribution < 1.29 is 34.1 Å². The Balaban J connectivity index is 1.95. The smallest absolute Gasteiger partial charge is 0.339 e. The van der Waals surface area contributed by atoms with E-state index in [-0.39, 0.29) is 48.9 Å². The lowest BCUT2D eigenvalue weighted by Crippen LogP contribution is -2.16. The van der Waals surface area contributed by atoms with Crippen molar-refractivity contribution in [2.75, 3.05) is 13.2 Å². The van der Waals surface area contributed by atoms with E-state index in [4.69, 9.17) is 14.6 Å². The maximum absolute atomic E-state index is 13.5. The highest BCUT2D eigenvalue weighted by Gasteiger charge is 2.24. The molecule has 0 saturated carbocycles. The third kappa shape index (κ3) is 7.17. The van der Waals surface area contributed by atoms with Crippen molar-refractivity contribution in [2.24, 2.45) is 5.92 Å². The first-order chi connectivity index (χ1) is 18.2. The van der Waals surface area contributed by atoms with Gasteiger partial charge in [-0.15, -0.1) is 0 Å². The monoisotopic (exact) mass is 516 g/mol. The number of ketones is 1. The topological polar surface area (TPSA) is 110 Å². The number of carboxylic acids is 1. The zero-order chi connectivity index (χ0) is 27.7. The molecule has 3 aromatic rings. The zero-order valence-corrected chi connectivity index (χ0v) is 21.6. The van der Waals surface area contributed by atoms with Gasteiger partial charge in [0, 0.05) is 6.42 Å². The Morgan fingerprint density at radius 2 is 1.53 bits per heavy atom. The molecular weight excluding hydrogens is 484 g/mol. The summed E-state index contributed by atoms with van der Waals surface area (Å²) >= 11 is 0. The van der Waals surface area contributed by atoms with Crippen LogP contribution in [0.5, 0.6) is 5.75 Å². The lowest BCUT2D eigenvalue weighted by molar-refractivity contribution is -0.116. The van der Waals surface area contributed by atoms with E-state index in [1.165, 1.54) is 6.07 Å². The molecule has 2 N–H and O–H groups in total. The Kier molecular flexibility index (Phi) is 9.96. The summed E-state index contributed by atoms with van der Waals surface area (Å²) in [5.41, 5.74) is 2.23. The van der Waals surface area contributed by atoms with E-state index in [1.807, 2.05) is 13.8 Å². The number of carbonyl (C=O) groups excluding carboxylic acids is 2. The molecule has 0 aliphatic rings. The first-order valence-electron chi connectivity index (χ1n) is 12.4. The van der Waals surface area contributed by atoms with Crippen molar-refractivity contribution in [1.82, 2.24) is 0 Å². The van der Waals surface area contributed by atoms with Crippen LogP contribution in [0.4, 0.5) is 0 Å². The number of aliphatic hydroxyl groups is 1. The molecule has 0 aliphatic carbocycles. The van der Waals surface area contributed by atoms with Crippen molar-refractivity contribution in [3.05, 3.63) is 102 Å². The van der Waals surface area contributed by atoms with E-state index < -0.39 is 18.0 Å². The number of ether oxygens (including phenoxy) is 2. The van der Waals surface area contributed by atoms with Gasteiger partial charge in [-0.25, -0.2) is 9.59 Å². The summed E-state index contributed by atoms with van der Waals surface area (Å²) < 4.78 is 11.5. The molecule has 1 atom stereocenters. The van der Waals surface area contributed by atoms with E-state index >= 15 is 0 Å². The second-order valence-corrected chi connectivity index (χ2v) is 9.08. The Morgan fingerprint density at radius 3 is 2.16 bits per heavy atom. The fourth-order valence-electron chi connectivity index (χ4n) is 4.00. The first kappa shape index (κ1) is 28.3. The van der Waals surface area contributed by atoms with Crippen LogP contribution in [0.15, 0.2) is 84.9 Å². The predicted molar refractivity (Wildman–Crippen MR) is 144 cm³/mol. The SMILES string of the molecule is C=C(C(=O)CC[C@@H](OC(=O)c1ccccc1-c1ccccc1C(=O)O)c1cccc(OCCO)c1)C(C)C. The van der Waals surface area contributed by atoms with Crippen molar-refractivity contribution >= 4 is 17.7 Å². The maximum atomic E-state index is 13.5. The molecule has 0 amide bonds. The Morgan fingerprint density at radius 1 is 0.895 bits per heavy atom. The molecule has 0 saturated heterocycles. The molecule has 3 aromatic carbocycles. The van der Waals surface area contributed by atoms with Crippen LogP contribution in [-0.4, -0.2) is 41.1 Å². The fraction of sp³-hybridized carbons (Fsp3) is 0.258. The van der Waals surface area contributed by atoms with Crippen molar-refractivity contribution in [3.8, 4) is 16.9 Å². The number of esters is 1. The second-order valence-electron chi connectivity index (χ2n) is 9.08. The van der Waals surface area contributed by atoms with Gasteiger partial charge in [-0.2, -0.15) is 0 Å². The number of aliphatic hydroxyl groups excluding tert-OH is 1. The molecule has 0 aromatic heterocycles. The molecule has 7 nitrogen and oxygen atoms in total. The average molecular weight is 517 g/mol. The molecule has 0 fully saturated rings. The minimum atomic E-state index is -1.11. The number of hydrogen-bond donors (Lipinski definition) is 2. The van der Waals surface area contributed by atoms with Crippen molar-refractivity contribution in [2.45, 2.75) is 32.8 Å². The van der Waals surface area contributed by atoms with Gasteiger partial charge in [-0.1, -0.05) is 69.0 Å². The van der Waals surface area contributed by atoms with Crippen LogP contribution < -0.4 is 4.74 Å². The van der Waals surface area contributed by atoms with Gasteiger partial charge < -0.3 is 19.7 Å². The number of Topliss-reactive ketones (excluding diaryl/α,β-unsaturated/α-hetero) is 1. The van der Waals surface area contributed by atoms with E-state index in [0.29, 0.717) is 28.0 Å². The minimum absolute atomic E-state index is 0.000102. The van der Waals surface area contributed by atoms with Crippen LogP contribution in [0, 0.1) is 5.92 Å². The van der Waals surface area contributed by atoms with Crippen LogP contribution >= 0.6 is 0 Å². The van der Waals surface area contributed by atoms with Crippen molar-refractivity contribution in [1.29, 1.82) is 0 Å². The number of rotatable bonds is 13. The van der Waals surface area contributed by atoms with E-state index in [1.54, 1.807) is 66.7 Å². The van der Waals surface area contributed by atoms with Gasteiger partial charge in [-0.3, -0.25) is 4.79 Å². The summed E-state index contributed by atoms with van der Waals surface area (Å²) in [6, 6.07) is 20.1. The number of carbonyl (C=O) groups is 3. The van der Waals surface area contributed by atoms with Crippen LogP contribution in [-0.2, 0) is 9.53 Å². The summed E-state index contributed by atoms with van der Waals surface area (Å²) in [4.78, 5) is 38.0. The summed E-state index contributed by atoms with van der Waals surface area (Å²) in [7, 11) is 0. The molecule has 198 valence electrons. The van der Waals surface area contributed by atoms with E-state index in [0.717, 1.165) is 0 Å². The molecule has 0 spiro atoms. The number of carboxylic acid groups (broad SMARTS) is 1. The third-order valence-electron chi connectivity index (χ3n) is 6.12. The van der Waals surface area contributed by atoms with Gasteiger partial charge >= 0.3 is 11.9 Å². The Bertz CT molecular complexity index is 1310. The predicted octanol–water partition coefficient (Wildman–Crippen LogP) is 5.88. The van der Waals surface area contributed by atoms with Crippen LogP contribution in [0.2, 0.25) is 0 Å². The minimum Gasteiger partial charge on any atom is -0.491 e. The first-order valence-corrected chi connectivity index (χ1v) is 12.4.